The van der Waals surface area contributed by atoms with Gasteiger partial charge in [-0.1, -0.05) is 30.3 Å². The molecule has 0 fully saturated rings. The van der Waals surface area contributed by atoms with E-state index >= 15 is 0 Å². The fraction of sp³-hybridized carbons (Fsp3) is 0.0455. The quantitative estimate of drug-likeness (QED) is 0.192. The van der Waals surface area contributed by atoms with Crippen LogP contribution >= 0.6 is 45.2 Å². The van der Waals surface area contributed by atoms with E-state index in [0.29, 0.717) is 17.7 Å². The van der Waals surface area contributed by atoms with Gasteiger partial charge in [-0.15, -0.1) is 0 Å². The molecule has 0 aliphatic rings. The molecule has 0 aliphatic heterocycles. The molecule has 0 saturated heterocycles. The van der Waals surface area contributed by atoms with Crippen LogP contribution in [-0.2, 0) is 6.61 Å². The summed E-state index contributed by atoms with van der Waals surface area (Å²) in [5, 5.41) is 9.42. The highest BCUT2D eigenvalue weighted by atomic mass is 127. The largest absolute Gasteiger partial charge is 0.488 e. The average Bonchev–Trinajstić information content (AvgIpc) is 2.66. The highest BCUT2D eigenvalue weighted by Crippen LogP contribution is 2.26. The van der Waals surface area contributed by atoms with Crippen LogP contribution in [0.1, 0.15) is 16.7 Å². The molecule has 3 aromatic carbocycles. The molecule has 0 bridgehead atoms. The van der Waals surface area contributed by atoms with Crippen LogP contribution < -0.4 is 4.74 Å². The second-order valence-corrected chi connectivity index (χ2v) is 8.19. The molecule has 3 rings (SSSR count). The Balaban J connectivity index is 1.77. The summed E-state index contributed by atoms with van der Waals surface area (Å²) in [5.74, 6) is 0.429. The summed E-state index contributed by atoms with van der Waals surface area (Å²) in [5.41, 5.74) is 2.94. The molecule has 27 heavy (non-hydrogen) atoms. The van der Waals surface area contributed by atoms with Crippen LogP contribution in [0.25, 0.3) is 11.6 Å². The van der Waals surface area contributed by atoms with E-state index in [9.17, 15) is 9.65 Å². The van der Waals surface area contributed by atoms with Crippen molar-refractivity contribution < 1.29 is 9.13 Å². The second-order valence-electron chi connectivity index (χ2n) is 5.79. The molecule has 0 N–H and O–H groups in total. The van der Waals surface area contributed by atoms with Crippen molar-refractivity contribution in [2.24, 2.45) is 0 Å². The predicted molar refractivity (Wildman–Crippen MR) is 123 cm³/mol. The van der Waals surface area contributed by atoms with E-state index < -0.39 is 0 Å². The minimum Gasteiger partial charge on any atom is -0.488 e. The predicted octanol–water partition coefficient (Wildman–Crippen LogP) is 6.68. The van der Waals surface area contributed by atoms with Gasteiger partial charge < -0.3 is 4.74 Å². The Kier molecular flexibility index (Phi) is 6.85. The molecule has 3 aromatic rings. The maximum Gasteiger partial charge on any atom is 0.133 e. The van der Waals surface area contributed by atoms with Gasteiger partial charge in [-0.25, -0.2) is 4.39 Å². The second kappa shape index (κ2) is 9.33. The number of allylic oxidation sites excluding steroid dienone is 1. The summed E-state index contributed by atoms with van der Waals surface area (Å²) in [4.78, 5) is 0. The van der Waals surface area contributed by atoms with Crippen molar-refractivity contribution >= 4 is 56.8 Å². The lowest BCUT2D eigenvalue weighted by atomic mass is 10.0. The van der Waals surface area contributed by atoms with Crippen molar-refractivity contribution in [3.63, 3.8) is 0 Å². The normalized spacial score (nSPS) is 11.1. The summed E-state index contributed by atoms with van der Waals surface area (Å²) in [7, 11) is 0. The Morgan fingerprint density at radius 1 is 1.04 bits per heavy atom. The van der Waals surface area contributed by atoms with Crippen LogP contribution in [0.2, 0.25) is 0 Å². The van der Waals surface area contributed by atoms with Crippen molar-refractivity contribution in [2.45, 2.75) is 6.61 Å². The number of hydrogen-bond donors (Lipinski definition) is 0. The van der Waals surface area contributed by atoms with E-state index in [1.54, 1.807) is 18.2 Å². The number of benzene rings is 3. The molecule has 0 aliphatic carbocycles. The molecule has 5 heteroatoms. The summed E-state index contributed by atoms with van der Waals surface area (Å²) in [6, 6.07) is 22.1. The molecule has 2 nitrogen and oxygen atoms in total. The number of nitriles is 1. The number of hydrogen-bond acceptors (Lipinski definition) is 2. The molecule has 0 atom stereocenters. The zero-order chi connectivity index (χ0) is 19.2. The summed E-state index contributed by atoms with van der Waals surface area (Å²) < 4.78 is 21.5. The van der Waals surface area contributed by atoms with Crippen LogP contribution in [0.3, 0.4) is 0 Å². The van der Waals surface area contributed by atoms with Crippen LogP contribution in [0, 0.1) is 24.3 Å². The number of rotatable bonds is 5. The van der Waals surface area contributed by atoms with Gasteiger partial charge >= 0.3 is 0 Å². The Morgan fingerprint density at radius 2 is 1.81 bits per heavy atom. The third-order valence-corrected chi connectivity index (χ3v) is 5.39. The zero-order valence-electron chi connectivity index (χ0n) is 14.1. The van der Waals surface area contributed by atoms with E-state index in [2.05, 4.69) is 51.3 Å². The zero-order valence-corrected chi connectivity index (χ0v) is 18.4. The van der Waals surface area contributed by atoms with E-state index in [0.717, 1.165) is 20.4 Å². The first-order chi connectivity index (χ1) is 13.0. The number of halogens is 3. The minimum atomic E-state index is -0.359. The molecule has 0 saturated carbocycles. The lowest BCUT2D eigenvalue weighted by Crippen LogP contribution is -1.97. The smallest absolute Gasteiger partial charge is 0.133 e. The Bertz CT molecular complexity index is 1020. The van der Waals surface area contributed by atoms with Gasteiger partial charge in [-0.05, 0) is 104 Å². The van der Waals surface area contributed by atoms with Crippen molar-refractivity contribution in [2.75, 3.05) is 0 Å². The fourth-order valence-corrected chi connectivity index (χ4v) is 3.52. The summed E-state index contributed by atoms with van der Waals surface area (Å²) in [6.07, 6.45) is 1.75. The van der Waals surface area contributed by atoms with Gasteiger partial charge in [0.2, 0.25) is 0 Å². The van der Waals surface area contributed by atoms with Crippen molar-refractivity contribution in [1.29, 1.82) is 5.26 Å². The van der Waals surface area contributed by atoms with Gasteiger partial charge in [0.05, 0.1) is 15.2 Å². The van der Waals surface area contributed by atoms with Gasteiger partial charge in [-0.2, -0.15) is 5.26 Å². The molecule has 0 unspecified atom stereocenters. The van der Waals surface area contributed by atoms with Crippen LogP contribution in [-0.4, -0.2) is 0 Å². The summed E-state index contributed by atoms with van der Waals surface area (Å²) >= 11 is 4.49. The lowest BCUT2D eigenvalue weighted by Gasteiger charge is -2.09. The summed E-state index contributed by atoms with van der Waals surface area (Å²) in [6.45, 7) is 0.495. The van der Waals surface area contributed by atoms with E-state index in [1.165, 1.54) is 15.7 Å². The highest BCUT2D eigenvalue weighted by Gasteiger charge is 2.06. The Labute approximate surface area is 185 Å². The molecule has 0 amide bonds. The number of ether oxygens (including phenoxy) is 1. The van der Waals surface area contributed by atoms with Gasteiger partial charge in [-0.3, -0.25) is 0 Å². The van der Waals surface area contributed by atoms with E-state index in [1.807, 2.05) is 42.5 Å². The molecule has 0 radical (unpaired) electrons. The van der Waals surface area contributed by atoms with Crippen LogP contribution in [0.5, 0.6) is 5.75 Å². The molecule has 0 heterocycles. The Hall–Kier alpha value is -1.92. The topological polar surface area (TPSA) is 33.0 Å². The van der Waals surface area contributed by atoms with Gasteiger partial charge in [0.1, 0.15) is 18.2 Å². The monoisotopic (exact) mass is 581 g/mol. The van der Waals surface area contributed by atoms with Crippen molar-refractivity contribution in [3.05, 3.63) is 96.4 Å². The maximum atomic E-state index is 13.4. The highest BCUT2D eigenvalue weighted by molar-refractivity contribution is 14.1. The van der Waals surface area contributed by atoms with Gasteiger partial charge in [0, 0.05) is 3.57 Å². The SMILES string of the molecule is N#C/C(=C/c1ccc(OCc2ccc(I)cc2)c(I)c1)c1cccc(F)c1. The Morgan fingerprint density at radius 3 is 2.48 bits per heavy atom. The maximum absolute atomic E-state index is 13.4. The first-order valence-corrected chi connectivity index (χ1v) is 10.3. The molecule has 134 valence electrons. The van der Waals surface area contributed by atoms with Crippen molar-refractivity contribution in [1.82, 2.24) is 0 Å². The first kappa shape index (κ1) is 19.8. The number of nitrogens with zero attached hydrogens (tertiary/aromatic N) is 1. The third-order valence-electron chi connectivity index (χ3n) is 3.83. The van der Waals surface area contributed by atoms with Gasteiger partial charge in [0.15, 0.2) is 0 Å². The molecule has 0 spiro atoms. The average molecular weight is 581 g/mol. The van der Waals surface area contributed by atoms with Crippen LogP contribution in [0.15, 0.2) is 66.7 Å². The third kappa shape index (κ3) is 5.53. The molecular weight excluding hydrogens is 567 g/mol. The van der Waals surface area contributed by atoms with E-state index in [4.69, 9.17) is 4.74 Å². The van der Waals surface area contributed by atoms with Gasteiger partial charge in [0.25, 0.3) is 0 Å². The van der Waals surface area contributed by atoms with Crippen LogP contribution in [0.4, 0.5) is 4.39 Å². The lowest BCUT2D eigenvalue weighted by molar-refractivity contribution is 0.304. The fourth-order valence-electron chi connectivity index (χ4n) is 2.47. The minimum absolute atomic E-state index is 0.359. The standard InChI is InChI=1S/C22H14FI2NO/c23-19-3-1-2-17(12-19)18(13-26)10-16-6-9-22(21(25)11-16)27-14-15-4-7-20(24)8-5-15/h1-12H,14H2/b18-10-. The van der Waals surface area contributed by atoms with Crippen molar-refractivity contribution in [3.8, 4) is 11.8 Å². The first-order valence-electron chi connectivity index (χ1n) is 8.10. The molecule has 0 aromatic heterocycles. The molecular formula is C22H14FI2NO. The van der Waals surface area contributed by atoms with E-state index in [-0.39, 0.29) is 5.82 Å².